The molecule has 0 radical (unpaired) electrons. The Kier molecular flexibility index (Phi) is 8.27. The standard InChI is InChI=1S/C25H18I2N2O4S/c26-18-11-17(23(20(27)13-18)33-15-16-7-3-1-4-8-16)12-21-24(31)29(25(32)34-21)14-22(30)28-19-9-5-2-6-10-19/h1-13H,14-15H2,(H,28,30)/b21-12+. The van der Waals surface area contributed by atoms with Gasteiger partial charge in [0.2, 0.25) is 5.91 Å². The number of nitrogens with zero attached hydrogens (tertiary/aromatic N) is 1. The van der Waals surface area contributed by atoms with E-state index in [9.17, 15) is 14.4 Å². The van der Waals surface area contributed by atoms with Gasteiger partial charge in [-0.3, -0.25) is 19.3 Å². The summed E-state index contributed by atoms with van der Waals surface area (Å²) in [6.07, 6.45) is 1.66. The van der Waals surface area contributed by atoms with Crippen molar-refractivity contribution < 1.29 is 19.1 Å². The largest absolute Gasteiger partial charge is 0.487 e. The molecule has 0 atom stereocenters. The highest BCUT2D eigenvalue weighted by Gasteiger charge is 2.36. The van der Waals surface area contributed by atoms with Gasteiger partial charge in [0.25, 0.3) is 11.1 Å². The topological polar surface area (TPSA) is 75.7 Å². The number of rotatable bonds is 7. The summed E-state index contributed by atoms with van der Waals surface area (Å²) in [5, 5.41) is 2.21. The Morgan fingerprint density at radius 1 is 1.00 bits per heavy atom. The predicted octanol–water partition coefficient (Wildman–Crippen LogP) is 6.15. The highest BCUT2D eigenvalue weighted by atomic mass is 127. The number of para-hydroxylation sites is 1. The number of anilines is 1. The van der Waals surface area contributed by atoms with E-state index in [-0.39, 0.29) is 11.4 Å². The number of halogens is 2. The summed E-state index contributed by atoms with van der Waals surface area (Å²) < 4.78 is 7.97. The van der Waals surface area contributed by atoms with Crippen LogP contribution in [0.1, 0.15) is 11.1 Å². The third-order valence-electron chi connectivity index (χ3n) is 4.78. The molecule has 0 spiro atoms. The van der Waals surface area contributed by atoms with Crippen LogP contribution in [-0.2, 0) is 16.2 Å². The first-order chi connectivity index (χ1) is 16.4. The number of hydrogen-bond acceptors (Lipinski definition) is 5. The number of amides is 3. The van der Waals surface area contributed by atoms with Gasteiger partial charge in [-0.2, -0.15) is 0 Å². The van der Waals surface area contributed by atoms with Crippen LogP contribution in [0.3, 0.4) is 0 Å². The zero-order chi connectivity index (χ0) is 24.1. The molecule has 0 bridgehead atoms. The van der Waals surface area contributed by atoms with E-state index >= 15 is 0 Å². The van der Waals surface area contributed by atoms with Crippen molar-refractivity contribution in [1.82, 2.24) is 4.90 Å². The fourth-order valence-electron chi connectivity index (χ4n) is 3.21. The summed E-state index contributed by atoms with van der Waals surface area (Å²) in [5.41, 5.74) is 2.32. The van der Waals surface area contributed by atoms with Crippen molar-refractivity contribution in [2.75, 3.05) is 11.9 Å². The van der Waals surface area contributed by atoms with Gasteiger partial charge in [-0.05, 0) is 92.8 Å². The van der Waals surface area contributed by atoms with Gasteiger partial charge in [0.15, 0.2) is 0 Å². The fourth-order valence-corrected chi connectivity index (χ4v) is 6.09. The molecule has 172 valence electrons. The fraction of sp³-hybridized carbons (Fsp3) is 0.0800. The molecule has 6 nitrogen and oxygen atoms in total. The maximum atomic E-state index is 13.0. The minimum atomic E-state index is -0.499. The molecular formula is C25H18I2N2O4S. The van der Waals surface area contributed by atoms with E-state index in [0.717, 1.165) is 29.4 Å². The second kappa shape index (κ2) is 11.4. The van der Waals surface area contributed by atoms with Gasteiger partial charge in [-0.15, -0.1) is 0 Å². The second-order valence-electron chi connectivity index (χ2n) is 7.26. The maximum Gasteiger partial charge on any atom is 0.294 e. The summed E-state index contributed by atoms with van der Waals surface area (Å²) >= 11 is 5.22. The zero-order valence-corrected chi connectivity index (χ0v) is 22.8. The minimum absolute atomic E-state index is 0.250. The summed E-state index contributed by atoms with van der Waals surface area (Å²) in [7, 11) is 0. The van der Waals surface area contributed by atoms with E-state index in [4.69, 9.17) is 4.74 Å². The van der Waals surface area contributed by atoms with Crippen molar-refractivity contribution in [2.24, 2.45) is 0 Å². The molecule has 1 N–H and O–H groups in total. The Bertz CT molecular complexity index is 1270. The maximum absolute atomic E-state index is 13.0. The van der Waals surface area contributed by atoms with Gasteiger partial charge in [-0.1, -0.05) is 48.5 Å². The third-order valence-corrected chi connectivity index (χ3v) is 7.11. The normalized spacial score (nSPS) is 14.5. The number of ether oxygens (including phenoxy) is 1. The van der Waals surface area contributed by atoms with Crippen LogP contribution in [0.2, 0.25) is 0 Å². The Hall–Kier alpha value is -2.38. The Morgan fingerprint density at radius 3 is 2.38 bits per heavy atom. The Morgan fingerprint density at radius 2 is 1.68 bits per heavy atom. The summed E-state index contributed by atoms with van der Waals surface area (Å²) in [5.74, 6) is -0.301. The van der Waals surface area contributed by atoms with E-state index in [1.165, 1.54) is 0 Å². The van der Waals surface area contributed by atoms with Crippen LogP contribution in [0.25, 0.3) is 6.08 Å². The molecule has 3 aromatic rings. The SMILES string of the molecule is O=C(CN1C(=O)S/C(=C/c2cc(I)cc(I)c2OCc2ccccc2)C1=O)Nc1ccccc1. The number of nitrogens with one attached hydrogen (secondary N) is 1. The molecular weight excluding hydrogens is 678 g/mol. The minimum Gasteiger partial charge on any atom is -0.487 e. The predicted molar refractivity (Wildman–Crippen MR) is 150 cm³/mol. The van der Waals surface area contributed by atoms with E-state index in [2.05, 4.69) is 50.5 Å². The molecule has 0 aromatic heterocycles. The molecule has 4 rings (SSSR count). The van der Waals surface area contributed by atoms with Crippen molar-refractivity contribution in [2.45, 2.75) is 6.61 Å². The third kappa shape index (κ3) is 6.19. The molecule has 0 aliphatic carbocycles. The smallest absolute Gasteiger partial charge is 0.294 e. The van der Waals surface area contributed by atoms with E-state index in [0.29, 0.717) is 23.6 Å². The molecule has 1 fully saturated rings. The second-order valence-corrected chi connectivity index (χ2v) is 10.7. The van der Waals surface area contributed by atoms with Gasteiger partial charge < -0.3 is 10.1 Å². The van der Waals surface area contributed by atoms with Crippen molar-refractivity contribution in [3.05, 3.63) is 96.0 Å². The van der Waals surface area contributed by atoms with Crippen molar-refractivity contribution >= 4 is 85.8 Å². The van der Waals surface area contributed by atoms with Crippen LogP contribution >= 0.6 is 56.9 Å². The van der Waals surface area contributed by atoms with Crippen LogP contribution in [0, 0.1) is 7.14 Å². The molecule has 3 aromatic carbocycles. The molecule has 1 heterocycles. The monoisotopic (exact) mass is 696 g/mol. The molecule has 0 saturated carbocycles. The van der Waals surface area contributed by atoms with Gasteiger partial charge in [0.05, 0.1) is 8.48 Å². The highest BCUT2D eigenvalue weighted by molar-refractivity contribution is 14.1. The first-order valence-corrected chi connectivity index (χ1v) is 13.1. The first-order valence-electron chi connectivity index (χ1n) is 10.2. The van der Waals surface area contributed by atoms with Gasteiger partial charge in [0.1, 0.15) is 18.9 Å². The Balaban J connectivity index is 1.52. The van der Waals surface area contributed by atoms with Crippen molar-refractivity contribution in [3.8, 4) is 5.75 Å². The average Bonchev–Trinajstić information content (AvgIpc) is 3.07. The van der Waals surface area contributed by atoms with Gasteiger partial charge in [-0.25, -0.2) is 0 Å². The van der Waals surface area contributed by atoms with Crippen LogP contribution in [0.5, 0.6) is 5.75 Å². The number of imide groups is 1. The average molecular weight is 696 g/mol. The lowest BCUT2D eigenvalue weighted by Gasteiger charge is -2.13. The van der Waals surface area contributed by atoms with E-state index < -0.39 is 17.1 Å². The first kappa shape index (κ1) is 24.7. The molecule has 1 aliphatic rings. The zero-order valence-electron chi connectivity index (χ0n) is 17.7. The number of thioether (sulfide) groups is 1. The number of carbonyl (C=O) groups excluding carboxylic acids is 3. The van der Waals surface area contributed by atoms with Gasteiger partial charge >= 0.3 is 0 Å². The quantitative estimate of drug-likeness (QED) is 0.237. The summed E-state index contributed by atoms with van der Waals surface area (Å²) in [6.45, 7) is 0.0253. The summed E-state index contributed by atoms with van der Waals surface area (Å²) in [4.78, 5) is 39.1. The number of hydrogen-bond donors (Lipinski definition) is 1. The van der Waals surface area contributed by atoms with Crippen LogP contribution in [-0.4, -0.2) is 28.5 Å². The lowest BCUT2D eigenvalue weighted by Crippen LogP contribution is -2.36. The number of carbonyl (C=O) groups is 3. The van der Waals surface area contributed by atoms with E-state index in [1.54, 1.807) is 30.3 Å². The van der Waals surface area contributed by atoms with Crippen molar-refractivity contribution in [1.29, 1.82) is 0 Å². The molecule has 3 amide bonds. The molecule has 9 heteroatoms. The lowest BCUT2D eigenvalue weighted by atomic mass is 10.1. The van der Waals surface area contributed by atoms with Gasteiger partial charge in [0, 0.05) is 14.8 Å². The Labute approximate surface area is 228 Å². The highest BCUT2D eigenvalue weighted by Crippen LogP contribution is 2.36. The van der Waals surface area contributed by atoms with Crippen molar-refractivity contribution in [3.63, 3.8) is 0 Å². The number of benzene rings is 3. The molecule has 1 saturated heterocycles. The molecule has 0 unspecified atom stereocenters. The van der Waals surface area contributed by atoms with E-state index in [1.807, 2.05) is 48.5 Å². The molecule has 34 heavy (non-hydrogen) atoms. The molecule has 1 aliphatic heterocycles. The van der Waals surface area contributed by atoms with Crippen LogP contribution in [0.4, 0.5) is 10.5 Å². The van der Waals surface area contributed by atoms with Crippen LogP contribution in [0.15, 0.2) is 77.7 Å². The lowest BCUT2D eigenvalue weighted by molar-refractivity contribution is -0.127. The summed E-state index contributed by atoms with van der Waals surface area (Å²) in [6, 6.07) is 22.6. The van der Waals surface area contributed by atoms with Crippen LogP contribution < -0.4 is 10.1 Å².